The zero-order valence-corrected chi connectivity index (χ0v) is 15.5. The Balaban J connectivity index is 1.76. The molecule has 0 radical (unpaired) electrons. The van der Waals surface area contributed by atoms with Crippen LogP contribution in [0.3, 0.4) is 0 Å². The molecule has 5 heteroatoms. The van der Waals surface area contributed by atoms with E-state index in [1.54, 1.807) is 0 Å². The summed E-state index contributed by atoms with van der Waals surface area (Å²) in [6.45, 7) is 2.02. The Labute approximate surface area is 160 Å². The summed E-state index contributed by atoms with van der Waals surface area (Å²) in [5.74, 6) is 0. The number of aromatic nitrogens is 2. The maximum atomic E-state index is 9.68. The molecule has 0 aliphatic rings. The number of aryl methyl sites for hydroxylation is 1. The van der Waals surface area contributed by atoms with Crippen LogP contribution in [0.4, 0.5) is 0 Å². The van der Waals surface area contributed by atoms with Crippen LogP contribution in [0, 0.1) is 18.3 Å². The number of benzene rings is 2. The van der Waals surface area contributed by atoms with Crippen LogP contribution in [0.1, 0.15) is 16.3 Å². The standard InChI is InChI=1S/C21H14ClN3S/c1-13-18(17-4-2-3-5-19(17)24-13)10-15(11-23)21-25-20(12-26-21)14-6-8-16(22)9-7-14/h2-10,12,24H,1H3/b15-10-. The highest BCUT2D eigenvalue weighted by molar-refractivity contribution is 7.11. The molecule has 0 fully saturated rings. The van der Waals surface area contributed by atoms with Crippen LogP contribution in [0.15, 0.2) is 53.9 Å². The number of nitrogens with one attached hydrogen (secondary N) is 1. The van der Waals surface area contributed by atoms with Crippen molar-refractivity contribution in [2.75, 3.05) is 0 Å². The number of nitrogens with zero attached hydrogens (tertiary/aromatic N) is 2. The van der Waals surface area contributed by atoms with Crippen molar-refractivity contribution in [3.63, 3.8) is 0 Å². The van der Waals surface area contributed by atoms with Crippen molar-refractivity contribution >= 4 is 45.5 Å². The fraction of sp³-hybridized carbons (Fsp3) is 0.0476. The van der Waals surface area contributed by atoms with Gasteiger partial charge in [-0.1, -0.05) is 41.9 Å². The number of fused-ring (bicyclic) bond motifs is 1. The Morgan fingerprint density at radius 2 is 1.96 bits per heavy atom. The molecule has 4 aromatic rings. The predicted molar refractivity (Wildman–Crippen MR) is 109 cm³/mol. The van der Waals surface area contributed by atoms with E-state index in [-0.39, 0.29) is 0 Å². The minimum absolute atomic E-state index is 0.558. The smallest absolute Gasteiger partial charge is 0.134 e. The minimum atomic E-state index is 0.558. The number of thiazole rings is 1. The predicted octanol–water partition coefficient (Wildman–Crippen LogP) is 6.32. The highest BCUT2D eigenvalue weighted by Gasteiger charge is 2.12. The van der Waals surface area contributed by atoms with Crippen molar-refractivity contribution in [2.24, 2.45) is 0 Å². The number of para-hydroxylation sites is 1. The van der Waals surface area contributed by atoms with Gasteiger partial charge in [-0.3, -0.25) is 0 Å². The van der Waals surface area contributed by atoms with E-state index in [0.29, 0.717) is 15.6 Å². The summed E-state index contributed by atoms with van der Waals surface area (Å²) in [7, 11) is 0. The first-order chi connectivity index (χ1) is 12.7. The number of halogens is 1. The Bertz CT molecular complexity index is 1160. The second-order valence-electron chi connectivity index (χ2n) is 5.92. The molecule has 1 N–H and O–H groups in total. The van der Waals surface area contributed by atoms with E-state index in [2.05, 4.69) is 22.1 Å². The first-order valence-corrected chi connectivity index (χ1v) is 9.32. The van der Waals surface area contributed by atoms with Gasteiger partial charge in [-0.15, -0.1) is 11.3 Å². The summed E-state index contributed by atoms with van der Waals surface area (Å²) in [4.78, 5) is 8.01. The molecule has 0 amide bonds. The zero-order valence-electron chi connectivity index (χ0n) is 14.0. The number of hydrogen-bond donors (Lipinski definition) is 1. The quantitative estimate of drug-likeness (QED) is 0.426. The van der Waals surface area contributed by atoms with E-state index in [9.17, 15) is 5.26 Å². The van der Waals surface area contributed by atoms with Crippen LogP contribution in [0.5, 0.6) is 0 Å². The van der Waals surface area contributed by atoms with E-state index < -0.39 is 0 Å². The lowest BCUT2D eigenvalue weighted by Gasteiger charge is -1.98. The Morgan fingerprint density at radius 3 is 2.73 bits per heavy atom. The fourth-order valence-electron chi connectivity index (χ4n) is 2.92. The molecule has 0 bridgehead atoms. The molecule has 2 heterocycles. The van der Waals surface area contributed by atoms with Crippen LogP contribution in [-0.2, 0) is 0 Å². The van der Waals surface area contributed by atoms with Crippen molar-refractivity contribution in [2.45, 2.75) is 6.92 Å². The monoisotopic (exact) mass is 375 g/mol. The zero-order chi connectivity index (χ0) is 18.1. The summed E-state index contributed by atoms with van der Waals surface area (Å²) >= 11 is 7.42. The summed E-state index contributed by atoms with van der Waals surface area (Å²) in [6.07, 6.45) is 1.92. The third-order valence-corrected chi connectivity index (χ3v) is 5.35. The molecule has 126 valence electrons. The van der Waals surface area contributed by atoms with Crippen LogP contribution in [0.25, 0.3) is 33.8 Å². The molecular formula is C21H14ClN3S. The van der Waals surface area contributed by atoms with E-state index in [1.165, 1.54) is 11.3 Å². The van der Waals surface area contributed by atoms with E-state index in [0.717, 1.165) is 33.4 Å². The number of hydrogen-bond acceptors (Lipinski definition) is 3. The third-order valence-electron chi connectivity index (χ3n) is 4.23. The lowest BCUT2D eigenvalue weighted by molar-refractivity contribution is 1.29. The van der Waals surface area contributed by atoms with Gasteiger partial charge < -0.3 is 4.98 Å². The van der Waals surface area contributed by atoms with Crippen LogP contribution >= 0.6 is 22.9 Å². The average molecular weight is 376 g/mol. The molecule has 4 rings (SSSR count). The van der Waals surface area contributed by atoms with Crippen LogP contribution < -0.4 is 0 Å². The molecule has 0 aliphatic heterocycles. The topological polar surface area (TPSA) is 52.5 Å². The van der Waals surface area contributed by atoms with Gasteiger partial charge in [-0.25, -0.2) is 4.98 Å². The SMILES string of the molecule is Cc1[nH]c2ccccc2c1/C=C(/C#N)c1nc(-c2ccc(Cl)cc2)cs1. The fourth-order valence-corrected chi connectivity index (χ4v) is 3.84. The summed E-state index contributed by atoms with van der Waals surface area (Å²) in [5.41, 5.74) is 5.52. The molecule has 0 saturated carbocycles. The first kappa shape index (κ1) is 16.6. The Kier molecular flexibility index (Phi) is 4.34. The van der Waals surface area contributed by atoms with Crippen molar-refractivity contribution in [1.29, 1.82) is 5.26 Å². The largest absolute Gasteiger partial charge is 0.358 e. The van der Waals surface area contributed by atoms with Crippen molar-refractivity contribution in [3.8, 4) is 17.3 Å². The molecule has 0 atom stereocenters. The Hall–Kier alpha value is -2.87. The molecule has 26 heavy (non-hydrogen) atoms. The first-order valence-electron chi connectivity index (χ1n) is 8.06. The lowest BCUT2D eigenvalue weighted by Crippen LogP contribution is -1.84. The van der Waals surface area contributed by atoms with Gasteiger partial charge in [0.25, 0.3) is 0 Å². The molecule has 3 nitrogen and oxygen atoms in total. The Morgan fingerprint density at radius 1 is 1.19 bits per heavy atom. The molecule has 0 spiro atoms. The second-order valence-corrected chi connectivity index (χ2v) is 7.22. The van der Waals surface area contributed by atoms with E-state index >= 15 is 0 Å². The highest BCUT2D eigenvalue weighted by Crippen LogP contribution is 2.30. The van der Waals surface area contributed by atoms with Crippen molar-refractivity contribution < 1.29 is 0 Å². The highest BCUT2D eigenvalue weighted by atomic mass is 35.5. The number of rotatable bonds is 3. The minimum Gasteiger partial charge on any atom is -0.358 e. The van der Waals surface area contributed by atoms with Gasteiger partial charge in [0.15, 0.2) is 0 Å². The number of aromatic amines is 1. The second kappa shape index (κ2) is 6.80. The average Bonchev–Trinajstić information content (AvgIpc) is 3.25. The van der Waals surface area contributed by atoms with Gasteiger partial charge in [-0.05, 0) is 31.2 Å². The van der Waals surface area contributed by atoms with Crippen molar-refractivity contribution in [1.82, 2.24) is 9.97 Å². The van der Waals surface area contributed by atoms with Gasteiger partial charge in [0.1, 0.15) is 11.1 Å². The maximum Gasteiger partial charge on any atom is 0.134 e. The van der Waals surface area contributed by atoms with Crippen LogP contribution in [-0.4, -0.2) is 9.97 Å². The molecule has 0 saturated heterocycles. The molecule has 0 aliphatic carbocycles. The van der Waals surface area contributed by atoms with E-state index in [1.807, 2.05) is 60.8 Å². The molecule has 2 aromatic carbocycles. The number of nitriles is 1. The van der Waals surface area contributed by atoms with Gasteiger partial charge in [0, 0.05) is 38.1 Å². The third kappa shape index (κ3) is 3.03. The molecular weight excluding hydrogens is 362 g/mol. The van der Waals surface area contributed by atoms with Gasteiger partial charge in [0.2, 0.25) is 0 Å². The maximum absolute atomic E-state index is 9.68. The summed E-state index contributed by atoms with van der Waals surface area (Å²) in [5, 5.41) is 14.1. The van der Waals surface area contributed by atoms with E-state index in [4.69, 9.17) is 11.6 Å². The van der Waals surface area contributed by atoms with Gasteiger partial charge in [-0.2, -0.15) is 5.26 Å². The number of H-pyrrole nitrogens is 1. The normalized spacial score (nSPS) is 11.7. The summed E-state index contributed by atoms with van der Waals surface area (Å²) in [6, 6.07) is 17.9. The van der Waals surface area contributed by atoms with Gasteiger partial charge in [0.05, 0.1) is 11.3 Å². The van der Waals surface area contributed by atoms with Crippen molar-refractivity contribution in [3.05, 3.63) is 75.2 Å². The summed E-state index contributed by atoms with van der Waals surface area (Å²) < 4.78 is 0. The number of allylic oxidation sites excluding steroid dienone is 1. The van der Waals surface area contributed by atoms with Crippen LogP contribution in [0.2, 0.25) is 5.02 Å². The van der Waals surface area contributed by atoms with Gasteiger partial charge >= 0.3 is 0 Å². The molecule has 2 aromatic heterocycles. The molecule has 0 unspecified atom stereocenters. The lowest BCUT2D eigenvalue weighted by atomic mass is 10.1.